The van der Waals surface area contributed by atoms with Crippen LogP contribution in [0.15, 0.2) is 24.3 Å². The Kier molecular flexibility index (Phi) is 4.63. The molecule has 0 bridgehead atoms. The van der Waals surface area contributed by atoms with E-state index in [0.29, 0.717) is 6.61 Å². The van der Waals surface area contributed by atoms with E-state index in [9.17, 15) is 4.79 Å². The van der Waals surface area contributed by atoms with Gasteiger partial charge in [0.15, 0.2) is 0 Å². The summed E-state index contributed by atoms with van der Waals surface area (Å²) < 4.78 is 5.13. The summed E-state index contributed by atoms with van der Waals surface area (Å²) in [6.07, 6.45) is 0.755. The van der Waals surface area contributed by atoms with Crippen molar-refractivity contribution >= 4 is 17.9 Å². The number of hydrogen-bond acceptors (Lipinski definition) is 2. The van der Waals surface area contributed by atoms with Crippen molar-refractivity contribution in [3.05, 3.63) is 34.9 Å². The molecule has 0 heterocycles. The van der Waals surface area contributed by atoms with E-state index in [0.717, 1.165) is 16.9 Å². The van der Waals surface area contributed by atoms with Crippen molar-refractivity contribution in [2.24, 2.45) is 0 Å². The Hall–Kier alpha value is -0.860. The number of carbonyl (C=O) groups excluding carboxylic acids is 1. The van der Waals surface area contributed by atoms with Crippen molar-refractivity contribution in [3.63, 3.8) is 0 Å². The summed E-state index contributed by atoms with van der Waals surface area (Å²) >= 11 is 5.85. The van der Waals surface area contributed by atoms with Crippen LogP contribution in [0, 0.1) is 0 Å². The van der Waals surface area contributed by atoms with E-state index >= 15 is 0 Å². The molecule has 3 heteroatoms. The van der Waals surface area contributed by atoms with Crippen LogP contribution in [0.3, 0.4) is 0 Å². The fourth-order valence-corrected chi connectivity index (χ4v) is 1.40. The molecule has 1 aromatic rings. The number of aldehydes is 1. The predicted molar refractivity (Wildman–Crippen MR) is 56.8 cm³/mol. The molecule has 0 aliphatic carbocycles. The zero-order chi connectivity index (χ0) is 10.4. The van der Waals surface area contributed by atoms with Gasteiger partial charge in [0.05, 0.1) is 6.61 Å². The molecule has 0 radical (unpaired) electrons. The van der Waals surface area contributed by atoms with Crippen molar-refractivity contribution in [3.8, 4) is 0 Å². The molecule has 0 unspecified atom stereocenters. The predicted octanol–water partition coefficient (Wildman–Crippen LogP) is 2.66. The van der Waals surface area contributed by atoms with E-state index in [-0.39, 0.29) is 12.5 Å². The van der Waals surface area contributed by atoms with Gasteiger partial charge in [0.2, 0.25) is 0 Å². The van der Waals surface area contributed by atoms with Crippen molar-refractivity contribution in [2.75, 3.05) is 13.2 Å². The lowest BCUT2D eigenvalue weighted by molar-refractivity contribution is -0.111. The number of benzene rings is 1. The third-order valence-corrected chi connectivity index (χ3v) is 2.21. The Morgan fingerprint density at radius 1 is 1.57 bits per heavy atom. The lowest BCUT2D eigenvalue weighted by Crippen LogP contribution is -2.05. The Morgan fingerprint density at radius 3 is 3.00 bits per heavy atom. The van der Waals surface area contributed by atoms with E-state index in [4.69, 9.17) is 16.3 Å². The van der Waals surface area contributed by atoms with Crippen LogP contribution in [-0.4, -0.2) is 19.5 Å². The maximum Gasteiger partial charge on any atom is 0.145 e. The summed E-state index contributed by atoms with van der Waals surface area (Å²) in [7, 11) is 0. The fourth-order valence-electron chi connectivity index (χ4n) is 1.20. The van der Waals surface area contributed by atoms with Gasteiger partial charge in [0.1, 0.15) is 12.9 Å². The number of hydrogen-bond donors (Lipinski definition) is 0. The highest BCUT2D eigenvalue weighted by molar-refractivity contribution is 6.30. The van der Waals surface area contributed by atoms with Crippen LogP contribution in [0.2, 0.25) is 5.02 Å². The first-order chi connectivity index (χ1) is 6.74. The first-order valence-corrected chi connectivity index (χ1v) is 4.88. The summed E-state index contributed by atoms with van der Waals surface area (Å²) in [5.74, 6) is 0.258. The summed E-state index contributed by atoms with van der Waals surface area (Å²) in [6.45, 7) is 2.74. The molecule has 2 nitrogen and oxygen atoms in total. The molecule has 0 aromatic heterocycles. The van der Waals surface area contributed by atoms with Crippen LogP contribution in [0.4, 0.5) is 0 Å². The lowest BCUT2D eigenvalue weighted by atomic mass is 10.0. The maximum atomic E-state index is 10.0. The van der Waals surface area contributed by atoms with Gasteiger partial charge in [-0.2, -0.15) is 0 Å². The molecule has 76 valence electrons. The SMILES string of the molecule is C[C@H](COCC=O)c1cccc(Cl)c1. The van der Waals surface area contributed by atoms with Gasteiger partial charge in [-0.3, -0.25) is 0 Å². The van der Waals surface area contributed by atoms with E-state index < -0.39 is 0 Å². The third-order valence-electron chi connectivity index (χ3n) is 1.97. The zero-order valence-electron chi connectivity index (χ0n) is 8.07. The van der Waals surface area contributed by atoms with Crippen LogP contribution >= 0.6 is 11.6 Å². The minimum absolute atomic E-state index is 0.158. The molecule has 0 saturated carbocycles. The van der Waals surface area contributed by atoms with E-state index in [1.54, 1.807) is 0 Å². The molecule has 0 aliphatic heterocycles. The molecule has 0 amide bonds. The molecule has 1 rings (SSSR count). The maximum absolute atomic E-state index is 10.0. The Labute approximate surface area is 88.8 Å². The van der Waals surface area contributed by atoms with Gasteiger partial charge < -0.3 is 9.53 Å². The topological polar surface area (TPSA) is 26.3 Å². The molecule has 0 saturated heterocycles. The normalized spacial score (nSPS) is 12.4. The standard InChI is InChI=1S/C11H13ClO2/c1-9(8-14-6-5-13)10-3-2-4-11(12)7-10/h2-5,7,9H,6,8H2,1H3/t9-/m1/s1. The number of rotatable bonds is 5. The summed E-state index contributed by atoms with van der Waals surface area (Å²) in [6, 6.07) is 7.66. The summed E-state index contributed by atoms with van der Waals surface area (Å²) in [5.41, 5.74) is 1.13. The molecule has 0 fully saturated rings. The first kappa shape index (κ1) is 11.2. The average molecular weight is 213 g/mol. The lowest BCUT2D eigenvalue weighted by Gasteiger charge is -2.11. The van der Waals surface area contributed by atoms with Gasteiger partial charge in [-0.05, 0) is 17.7 Å². The Bertz CT molecular complexity index is 299. The fraction of sp³-hybridized carbons (Fsp3) is 0.364. The van der Waals surface area contributed by atoms with Gasteiger partial charge in [-0.25, -0.2) is 0 Å². The van der Waals surface area contributed by atoms with Crippen LogP contribution in [0.1, 0.15) is 18.4 Å². The summed E-state index contributed by atoms with van der Waals surface area (Å²) in [5, 5.41) is 0.727. The van der Waals surface area contributed by atoms with Crippen LogP contribution < -0.4 is 0 Å². The highest BCUT2D eigenvalue weighted by atomic mass is 35.5. The third kappa shape index (κ3) is 3.48. The monoisotopic (exact) mass is 212 g/mol. The highest BCUT2D eigenvalue weighted by Crippen LogP contribution is 2.19. The smallest absolute Gasteiger partial charge is 0.145 e. The quantitative estimate of drug-likeness (QED) is 0.554. The highest BCUT2D eigenvalue weighted by Gasteiger charge is 2.05. The van der Waals surface area contributed by atoms with Crippen molar-refractivity contribution in [1.29, 1.82) is 0 Å². The van der Waals surface area contributed by atoms with Gasteiger partial charge in [-0.1, -0.05) is 30.7 Å². The Morgan fingerprint density at radius 2 is 2.36 bits per heavy atom. The van der Waals surface area contributed by atoms with Gasteiger partial charge >= 0.3 is 0 Å². The number of ether oxygens (including phenoxy) is 1. The van der Waals surface area contributed by atoms with Crippen LogP contribution in [0.25, 0.3) is 0 Å². The first-order valence-electron chi connectivity index (χ1n) is 4.51. The van der Waals surface area contributed by atoms with Crippen LogP contribution in [-0.2, 0) is 9.53 Å². The van der Waals surface area contributed by atoms with E-state index in [1.807, 2.05) is 31.2 Å². The van der Waals surface area contributed by atoms with Gasteiger partial charge in [-0.15, -0.1) is 0 Å². The second-order valence-electron chi connectivity index (χ2n) is 3.16. The minimum atomic E-state index is 0.158. The molecule has 1 aromatic carbocycles. The minimum Gasteiger partial charge on any atom is -0.373 e. The van der Waals surface area contributed by atoms with Gasteiger partial charge in [0.25, 0.3) is 0 Å². The number of halogens is 1. The van der Waals surface area contributed by atoms with Crippen molar-refractivity contribution in [2.45, 2.75) is 12.8 Å². The molecular formula is C11H13ClO2. The molecule has 1 atom stereocenters. The molecule has 0 aliphatic rings. The van der Waals surface area contributed by atoms with E-state index in [2.05, 4.69) is 0 Å². The second-order valence-corrected chi connectivity index (χ2v) is 3.60. The molecular weight excluding hydrogens is 200 g/mol. The van der Waals surface area contributed by atoms with Gasteiger partial charge in [0, 0.05) is 10.9 Å². The molecule has 0 spiro atoms. The molecule has 0 N–H and O–H groups in total. The van der Waals surface area contributed by atoms with Crippen molar-refractivity contribution in [1.82, 2.24) is 0 Å². The average Bonchev–Trinajstić information content (AvgIpc) is 2.18. The van der Waals surface area contributed by atoms with Crippen LogP contribution in [0.5, 0.6) is 0 Å². The summed E-state index contributed by atoms with van der Waals surface area (Å²) in [4.78, 5) is 10.0. The molecule has 14 heavy (non-hydrogen) atoms. The Balaban J connectivity index is 2.51. The largest absolute Gasteiger partial charge is 0.373 e. The van der Waals surface area contributed by atoms with E-state index in [1.165, 1.54) is 0 Å². The number of carbonyl (C=O) groups is 1. The zero-order valence-corrected chi connectivity index (χ0v) is 8.83. The van der Waals surface area contributed by atoms with Crippen molar-refractivity contribution < 1.29 is 9.53 Å². The second kappa shape index (κ2) is 5.78.